The summed E-state index contributed by atoms with van der Waals surface area (Å²) in [4.78, 5) is 22.9. The van der Waals surface area contributed by atoms with Crippen LogP contribution >= 0.6 is 11.3 Å². The van der Waals surface area contributed by atoms with Crippen molar-refractivity contribution in [2.75, 3.05) is 17.2 Å². The lowest BCUT2D eigenvalue weighted by Gasteiger charge is -2.21. The quantitative estimate of drug-likeness (QED) is 0.457. The highest BCUT2D eigenvalue weighted by Gasteiger charge is 2.21. The van der Waals surface area contributed by atoms with Crippen molar-refractivity contribution in [3.63, 3.8) is 0 Å². The third kappa shape index (κ3) is 3.19. The highest BCUT2D eigenvalue weighted by atomic mass is 32.1. The Morgan fingerprint density at radius 2 is 2.20 bits per heavy atom. The van der Waals surface area contributed by atoms with Gasteiger partial charge in [-0.15, -0.1) is 11.3 Å². The highest BCUT2D eigenvalue weighted by Crippen LogP contribution is 2.31. The fraction of sp³-hybridized carbons (Fsp3) is 0.227. The molecule has 0 aliphatic carbocycles. The van der Waals surface area contributed by atoms with E-state index in [4.69, 9.17) is 15.7 Å². The van der Waals surface area contributed by atoms with E-state index in [9.17, 15) is 4.79 Å². The average molecular weight is 419 g/mol. The highest BCUT2D eigenvalue weighted by molar-refractivity contribution is 7.09. The number of hydrogen-bond donors (Lipinski definition) is 3. The Bertz CT molecular complexity index is 1240. The van der Waals surface area contributed by atoms with Crippen LogP contribution in [0.25, 0.3) is 16.9 Å². The predicted octanol–water partition coefficient (Wildman–Crippen LogP) is 3.86. The largest absolute Gasteiger partial charge is 0.370 e. The SMILES string of the molecule is Cc1cc2c(C(N)=O)cccc2n1-c1nc2c(c(NCc3cccs3)n1)CCCN2. The van der Waals surface area contributed by atoms with Crippen molar-refractivity contribution in [3.8, 4) is 5.95 Å². The zero-order valence-corrected chi connectivity index (χ0v) is 17.4. The van der Waals surface area contributed by atoms with Gasteiger partial charge in [0.05, 0.1) is 12.1 Å². The van der Waals surface area contributed by atoms with Gasteiger partial charge in [-0.25, -0.2) is 0 Å². The minimum absolute atomic E-state index is 0.441. The number of rotatable bonds is 5. The molecule has 0 atom stereocenters. The molecule has 0 saturated carbocycles. The second kappa shape index (κ2) is 7.46. The number of primary amides is 1. The van der Waals surface area contributed by atoms with Gasteiger partial charge in [0, 0.05) is 33.6 Å². The molecule has 8 heteroatoms. The number of thiophene rings is 1. The monoisotopic (exact) mass is 418 g/mol. The molecule has 152 valence electrons. The van der Waals surface area contributed by atoms with Crippen molar-refractivity contribution in [2.45, 2.75) is 26.3 Å². The van der Waals surface area contributed by atoms with Gasteiger partial charge < -0.3 is 16.4 Å². The van der Waals surface area contributed by atoms with Crippen LogP contribution < -0.4 is 16.4 Å². The fourth-order valence-corrected chi connectivity index (χ4v) is 4.65. The molecule has 1 aliphatic heterocycles. The number of hydrogen-bond acceptors (Lipinski definition) is 6. The van der Waals surface area contributed by atoms with Gasteiger partial charge in [0.1, 0.15) is 11.6 Å². The minimum atomic E-state index is -0.441. The van der Waals surface area contributed by atoms with Crippen LogP contribution in [0.3, 0.4) is 0 Å². The molecule has 4 heterocycles. The van der Waals surface area contributed by atoms with E-state index in [1.54, 1.807) is 17.4 Å². The van der Waals surface area contributed by atoms with Gasteiger partial charge in [-0.1, -0.05) is 12.1 Å². The molecule has 0 spiro atoms. The van der Waals surface area contributed by atoms with Crippen LogP contribution in [-0.4, -0.2) is 27.0 Å². The normalized spacial score (nSPS) is 13.1. The fourth-order valence-electron chi connectivity index (χ4n) is 4.00. The molecular formula is C22H22N6OS. The number of benzene rings is 1. The molecule has 1 amide bonds. The maximum Gasteiger partial charge on any atom is 0.249 e. The van der Waals surface area contributed by atoms with E-state index in [1.165, 1.54) is 4.88 Å². The van der Waals surface area contributed by atoms with Gasteiger partial charge in [0.25, 0.3) is 0 Å². The zero-order chi connectivity index (χ0) is 20.7. The first-order valence-corrected chi connectivity index (χ1v) is 10.8. The Hall–Kier alpha value is -3.39. The van der Waals surface area contributed by atoms with Gasteiger partial charge >= 0.3 is 0 Å². The van der Waals surface area contributed by atoms with Crippen LogP contribution in [0.4, 0.5) is 11.6 Å². The molecule has 4 aromatic rings. The van der Waals surface area contributed by atoms with Crippen molar-refractivity contribution >= 4 is 39.8 Å². The third-order valence-corrected chi connectivity index (χ3v) is 6.27. The van der Waals surface area contributed by atoms with Crippen LogP contribution in [0.15, 0.2) is 41.8 Å². The summed E-state index contributed by atoms with van der Waals surface area (Å²) < 4.78 is 1.98. The van der Waals surface area contributed by atoms with Gasteiger partial charge in [-0.3, -0.25) is 9.36 Å². The molecule has 0 radical (unpaired) electrons. The Balaban J connectivity index is 1.64. The van der Waals surface area contributed by atoms with E-state index < -0.39 is 5.91 Å². The second-order valence-electron chi connectivity index (χ2n) is 7.39. The molecule has 4 N–H and O–H groups in total. The van der Waals surface area contributed by atoms with E-state index in [-0.39, 0.29) is 0 Å². The number of amides is 1. The summed E-state index contributed by atoms with van der Waals surface area (Å²) in [6, 6.07) is 11.7. The number of carbonyl (C=O) groups excluding carboxylic acids is 1. The first-order valence-electron chi connectivity index (χ1n) is 9.94. The number of nitrogens with two attached hydrogens (primary N) is 1. The molecule has 0 saturated heterocycles. The smallest absolute Gasteiger partial charge is 0.249 e. The number of nitrogens with zero attached hydrogens (tertiary/aromatic N) is 3. The van der Waals surface area contributed by atoms with Crippen LogP contribution in [0.5, 0.6) is 0 Å². The average Bonchev–Trinajstić information content (AvgIpc) is 3.38. The lowest BCUT2D eigenvalue weighted by Crippen LogP contribution is -2.19. The molecule has 0 fully saturated rings. The predicted molar refractivity (Wildman–Crippen MR) is 121 cm³/mol. The van der Waals surface area contributed by atoms with Gasteiger partial charge in [-0.05, 0) is 49.4 Å². The van der Waals surface area contributed by atoms with Crippen molar-refractivity contribution in [2.24, 2.45) is 5.73 Å². The summed E-state index contributed by atoms with van der Waals surface area (Å²) in [5, 5.41) is 9.81. The molecule has 7 nitrogen and oxygen atoms in total. The first-order chi connectivity index (χ1) is 14.6. The Morgan fingerprint density at radius 3 is 3.00 bits per heavy atom. The van der Waals surface area contributed by atoms with Crippen LogP contribution in [-0.2, 0) is 13.0 Å². The summed E-state index contributed by atoms with van der Waals surface area (Å²) in [5.41, 5.74) is 9.01. The summed E-state index contributed by atoms with van der Waals surface area (Å²) in [7, 11) is 0. The molecule has 0 bridgehead atoms. The van der Waals surface area contributed by atoms with E-state index in [2.05, 4.69) is 28.1 Å². The van der Waals surface area contributed by atoms with Crippen LogP contribution in [0, 0.1) is 6.92 Å². The van der Waals surface area contributed by atoms with Gasteiger partial charge in [0.15, 0.2) is 0 Å². The maximum absolute atomic E-state index is 11.9. The van der Waals surface area contributed by atoms with E-state index in [1.807, 2.05) is 29.7 Å². The summed E-state index contributed by atoms with van der Waals surface area (Å²) >= 11 is 1.72. The van der Waals surface area contributed by atoms with Crippen molar-refractivity contribution < 1.29 is 4.79 Å². The molecular weight excluding hydrogens is 396 g/mol. The standard InChI is InChI=1S/C22H22N6OS/c1-13-11-17-15(19(23)29)6-2-8-18(17)28(13)22-26-20-16(7-3-9-24-20)21(27-22)25-12-14-5-4-10-30-14/h2,4-6,8,10-11H,3,7,9,12H2,1H3,(H2,23,29)(H2,24,25,26,27). The first kappa shape index (κ1) is 18.6. The molecule has 3 aromatic heterocycles. The van der Waals surface area contributed by atoms with E-state index in [0.717, 1.165) is 59.7 Å². The second-order valence-corrected chi connectivity index (χ2v) is 8.42. The number of nitrogens with one attached hydrogen (secondary N) is 2. The van der Waals surface area contributed by atoms with E-state index >= 15 is 0 Å². The van der Waals surface area contributed by atoms with Crippen LogP contribution in [0.1, 0.15) is 32.9 Å². The lowest BCUT2D eigenvalue weighted by atomic mass is 10.1. The topological polar surface area (TPSA) is 97.9 Å². The van der Waals surface area contributed by atoms with Crippen LogP contribution in [0.2, 0.25) is 0 Å². The number of aromatic nitrogens is 3. The number of anilines is 2. The molecule has 1 aliphatic rings. The Labute approximate surface area is 178 Å². The molecule has 0 unspecified atom stereocenters. The van der Waals surface area contributed by atoms with Crippen molar-refractivity contribution in [1.82, 2.24) is 14.5 Å². The number of fused-ring (bicyclic) bond motifs is 2. The Morgan fingerprint density at radius 1 is 1.30 bits per heavy atom. The third-order valence-electron chi connectivity index (χ3n) is 5.40. The summed E-state index contributed by atoms with van der Waals surface area (Å²) in [6.07, 6.45) is 1.99. The minimum Gasteiger partial charge on any atom is -0.370 e. The molecule has 30 heavy (non-hydrogen) atoms. The maximum atomic E-state index is 11.9. The number of aryl methyl sites for hydroxylation is 1. The van der Waals surface area contributed by atoms with Crippen molar-refractivity contribution in [3.05, 3.63) is 63.5 Å². The summed E-state index contributed by atoms with van der Waals surface area (Å²) in [5.74, 6) is 1.85. The zero-order valence-electron chi connectivity index (χ0n) is 16.6. The van der Waals surface area contributed by atoms with Crippen molar-refractivity contribution in [1.29, 1.82) is 0 Å². The lowest BCUT2D eigenvalue weighted by molar-refractivity contribution is 0.100. The molecule has 5 rings (SSSR count). The number of carbonyl (C=O) groups is 1. The Kier molecular flexibility index (Phi) is 4.63. The van der Waals surface area contributed by atoms with E-state index in [0.29, 0.717) is 11.5 Å². The summed E-state index contributed by atoms with van der Waals surface area (Å²) in [6.45, 7) is 3.60. The molecule has 1 aromatic carbocycles. The van der Waals surface area contributed by atoms with Gasteiger partial charge in [0.2, 0.25) is 11.9 Å². The van der Waals surface area contributed by atoms with Gasteiger partial charge in [-0.2, -0.15) is 9.97 Å².